The van der Waals surface area contributed by atoms with Crippen molar-refractivity contribution in [3.05, 3.63) is 64.4 Å². The van der Waals surface area contributed by atoms with E-state index in [0.717, 1.165) is 30.8 Å². The van der Waals surface area contributed by atoms with E-state index in [9.17, 15) is 22.4 Å². The molecule has 0 aromatic heterocycles. The number of hydrogen-bond donors (Lipinski definition) is 1. The van der Waals surface area contributed by atoms with Crippen LogP contribution in [0.3, 0.4) is 0 Å². The van der Waals surface area contributed by atoms with Crippen molar-refractivity contribution in [3.8, 4) is 0 Å². The Hall–Kier alpha value is -2.50. The first-order valence-electron chi connectivity index (χ1n) is 9.68. The van der Waals surface area contributed by atoms with Crippen molar-refractivity contribution in [3.63, 3.8) is 0 Å². The summed E-state index contributed by atoms with van der Waals surface area (Å²) in [4.78, 5) is 26.9. The van der Waals surface area contributed by atoms with Gasteiger partial charge in [-0.2, -0.15) is 12.7 Å². The molecule has 1 atom stereocenters. The van der Waals surface area contributed by atoms with Gasteiger partial charge in [0.1, 0.15) is 18.4 Å². The van der Waals surface area contributed by atoms with Gasteiger partial charge in [-0.3, -0.25) is 9.59 Å². The van der Waals surface area contributed by atoms with Crippen LogP contribution in [0, 0.1) is 5.82 Å². The molecule has 0 saturated heterocycles. The Labute approximate surface area is 196 Å². The number of nitrogens with one attached hydrogen (secondary N) is 1. The Kier molecular flexibility index (Phi) is 8.76. The first-order valence-corrected chi connectivity index (χ1v) is 11.9. The molecule has 0 radical (unpaired) electrons. The van der Waals surface area contributed by atoms with E-state index in [0.29, 0.717) is 0 Å². The maximum absolute atomic E-state index is 13.4. The van der Waals surface area contributed by atoms with Crippen molar-refractivity contribution in [1.82, 2.24) is 14.5 Å². The smallest absolute Gasteiger partial charge is 0.304 e. The Balaban J connectivity index is 2.42. The number of hydrogen-bond acceptors (Lipinski definition) is 4. The second-order valence-electron chi connectivity index (χ2n) is 7.21. The number of rotatable bonds is 9. The van der Waals surface area contributed by atoms with E-state index in [1.54, 1.807) is 19.1 Å². The predicted molar refractivity (Wildman–Crippen MR) is 125 cm³/mol. The second kappa shape index (κ2) is 10.9. The minimum Gasteiger partial charge on any atom is -0.357 e. The Bertz CT molecular complexity index is 1050. The summed E-state index contributed by atoms with van der Waals surface area (Å²) in [6, 6.07) is 11.2. The zero-order valence-corrected chi connectivity index (χ0v) is 20.7. The van der Waals surface area contributed by atoms with Crippen LogP contribution in [0.5, 0.6) is 0 Å². The summed E-state index contributed by atoms with van der Waals surface area (Å²) >= 11 is 3.35. The number of likely N-dealkylation sites (N-methyl/N-ethyl adjacent to an activating group) is 1. The van der Waals surface area contributed by atoms with Gasteiger partial charge in [-0.05, 0) is 48.9 Å². The fourth-order valence-electron chi connectivity index (χ4n) is 2.90. The highest BCUT2D eigenvalue weighted by Gasteiger charge is 2.32. The third-order valence-corrected chi connectivity index (χ3v) is 7.16. The van der Waals surface area contributed by atoms with Crippen LogP contribution in [0.4, 0.5) is 10.1 Å². The lowest BCUT2D eigenvalue weighted by Crippen LogP contribution is -2.52. The Morgan fingerprint density at radius 1 is 1.06 bits per heavy atom. The highest BCUT2D eigenvalue weighted by atomic mass is 79.9. The molecule has 0 aliphatic carbocycles. The van der Waals surface area contributed by atoms with Crippen LogP contribution in [0.2, 0.25) is 0 Å². The zero-order chi connectivity index (χ0) is 24.1. The minimum absolute atomic E-state index is 0.0972. The normalized spacial score (nSPS) is 12.3. The fourth-order valence-corrected chi connectivity index (χ4v) is 4.22. The average Bonchev–Trinajstić information content (AvgIpc) is 2.76. The van der Waals surface area contributed by atoms with Gasteiger partial charge in [-0.1, -0.05) is 28.1 Å². The molecule has 2 aromatic rings. The van der Waals surface area contributed by atoms with Gasteiger partial charge in [-0.15, -0.1) is 0 Å². The number of nitrogens with zero attached hydrogens (tertiary/aromatic N) is 3. The molecule has 174 valence electrons. The maximum atomic E-state index is 13.4. The predicted octanol–water partition coefficient (Wildman–Crippen LogP) is 2.36. The quantitative estimate of drug-likeness (QED) is 0.540. The van der Waals surface area contributed by atoms with Gasteiger partial charge >= 0.3 is 10.2 Å². The van der Waals surface area contributed by atoms with Gasteiger partial charge in [0.25, 0.3) is 0 Å². The molecular weight excluding hydrogens is 503 g/mol. The Morgan fingerprint density at radius 3 is 2.12 bits per heavy atom. The highest BCUT2D eigenvalue weighted by molar-refractivity contribution is 9.10. The molecule has 11 heteroatoms. The number of anilines is 1. The van der Waals surface area contributed by atoms with Gasteiger partial charge in [-0.25, -0.2) is 8.70 Å². The van der Waals surface area contributed by atoms with Crippen LogP contribution >= 0.6 is 15.9 Å². The molecule has 1 unspecified atom stereocenters. The fraction of sp³-hybridized carbons (Fsp3) is 0.333. The van der Waals surface area contributed by atoms with E-state index in [1.165, 1.54) is 38.2 Å². The van der Waals surface area contributed by atoms with Crippen LogP contribution in [-0.4, -0.2) is 63.2 Å². The van der Waals surface area contributed by atoms with Gasteiger partial charge < -0.3 is 10.2 Å². The van der Waals surface area contributed by atoms with Crippen LogP contribution < -0.4 is 9.62 Å². The van der Waals surface area contributed by atoms with Crippen molar-refractivity contribution in [2.45, 2.75) is 19.5 Å². The van der Waals surface area contributed by atoms with Crippen molar-refractivity contribution >= 4 is 43.6 Å². The zero-order valence-electron chi connectivity index (χ0n) is 18.2. The van der Waals surface area contributed by atoms with Gasteiger partial charge in [0.15, 0.2) is 0 Å². The summed E-state index contributed by atoms with van der Waals surface area (Å²) < 4.78 is 42.0. The molecule has 1 N–H and O–H groups in total. The van der Waals surface area contributed by atoms with Gasteiger partial charge in [0, 0.05) is 32.2 Å². The number of carbonyl (C=O) groups excluding carboxylic acids is 2. The largest absolute Gasteiger partial charge is 0.357 e. The Morgan fingerprint density at radius 2 is 1.62 bits per heavy atom. The first kappa shape index (κ1) is 25.8. The van der Waals surface area contributed by atoms with Crippen molar-refractivity contribution in [2.75, 3.05) is 32.0 Å². The van der Waals surface area contributed by atoms with Crippen molar-refractivity contribution in [1.29, 1.82) is 0 Å². The summed E-state index contributed by atoms with van der Waals surface area (Å²) in [5, 5.41) is 2.51. The molecule has 2 amide bonds. The molecule has 0 saturated carbocycles. The number of carbonyl (C=O) groups is 2. The molecule has 0 spiro atoms. The van der Waals surface area contributed by atoms with E-state index in [1.807, 2.05) is 12.1 Å². The molecule has 32 heavy (non-hydrogen) atoms. The maximum Gasteiger partial charge on any atom is 0.304 e. The lowest BCUT2D eigenvalue weighted by molar-refractivity contribution is -0.139. The molecule has 0 bridgehead atoms. The summed E-state index contributed by atoms with van der Waals surface area (Å²) in [7, 11) is 0.0600. The average molecular weight is 529 g/mol. The van der Waals surface area contributed by atoms with Crippen molar-refractivity contribution < 1.29 is 22.4 Å². The van der Waals surface area contributed by atoms with E-state index in [4.69, 9.17) is 0 Å². The van der Waals surface area contributed by atoms with E-state index in [2.05, 4.69) is 21.2 Å². The second-order valence-corrected chi connectivity index (χ2v) is 10.2. The molecular formula is C21H26BrFN4O4S. The van der Waals surface area contributed by atoms with Crippen LogP contribution in [-0.2, 0) is 26.3 Å². The standard InChI is InChI=1S/C21H26BrFN4O4S/c1-15(21(29)24-2)26(13-16-5-7-17(22)8-6-16)20(28)14-27(32(30,31)25(3)4)19-11-9-18(23)10-12-19/h5-12,15H,13-14H2,1-4H3,(H,24,29). The topological polar surface area (TPSA) is 90.0 Å². The van der Waals surface area contributed by atoms with Gasteiger partial charge in [0.05, 0.1) is 5.69 Å². The van der Waals surface area contributed by atoms with Gasteiger partial charge in [0.2, 0.25) is 11.8 Å². The number of amides is 2. The minimum atomic E-state index is -4.07. The third-order valence-electron chi connectivity index (χ3n) is 4.81. The van der Waals surface area contributed by atoms with E-state index < -0.39 is 34.5 Å². The number of benzene rings is 2. The third kappa shape index (κ3) is 6.27. The lowest BCUT2D eigenvalue weighted by atomic mass is 10.1. The molecule has 2 rings (SSSR count). The SMILES string of the molecule is CNC(=O)C(C)N(Cc1ccc(Br)cc1)C(=O)CN(c1ccc(F)cc1)S(=O)(=O)N(C)C. The summed E-state index contributed by atoms with van der Waals surface area (Å²) in [5.74, 6) is -1.51. The molecule has 8 nitrogen and oxygen atoms in total. The molecule has 0 aliphatic heterocycles. The first-order chi connectivity index (χ1) is 15.0. The summed E-state index contributed by atoms with van der Waals surface area (Å²) in [5.41, 5.74) is 0.894. The van der Waals surface area contributed by atoms with Crippen LogP contribution in [0.1, 0.15) is 12.5 Å². The summed E-state index contributed by atoms with van der Waals surface area (Å²) in [6.07, 6.45) is 0. The van der Waals surface area contributed by atoms with Crippen molar-refractivity contribution in [2.24, 2.45) is 0 Å². The summed E-state index contributed by atoms with van der Waals surface area (Å²) in [6.45, 7) is 1.10. The molecule has 0 heterocycles. The monoisotopic (exact) mass is 528 g/mol. The van der Waals surface area contributed by atoms with E-state index in [-0.39, 0.29) is 18.1 Å². The van der Waals surface area contributed by atoms with Crippen LogP contribution in [0.15, 0.2) is 53.0 Å². The van der Waals surface area contributed by atoms with E-state index >= 15 is 0 Å². The molecule has 0 aliphatic rings. The molecule has 2 aromatic carbocycles. The van der Waals surface area contributed by atoms with Crippen LogP contribution in [0.25, 0.3) is 0 Å². The highest BCUT2D eigenvalue weighted by Crippen LogP contribution is 2.21. The lowest BCUT2D eigenvalue weighted by Gasteiger charge is -2.32. The molecule has 0 fully saturated rings. The number of halogens is 2.